The summed E-state index contributed by atoms with van der Waals surface area (Å²) in [4.78, 5) is 24.7. The van der Waals surface area contributed by atoms with Crippen LogP contribution in [0.4, 0.5) is 4.39 Å². The highest BCUT2D eigenvalue weighted by atomic mass is 35.5. The predicted molar refractivity (Wildman–Crippen MR) is 111 cm³/mol. The third-order valence-corrected chi connectivity index (χ3v) is 7.80. The molecule has 5 aliphatic rings. The monoisotopic (exact) mass is 444 g/mol. The minimum Gasteiger partial charge on any atom is -0.376 e. The number of nitrogens with one attached hydrogen (secondary N) is 2. The van der Waals surface area contributed by atoms with Gasteiger partial charge in [-0.15, -0.1) is 11.6 Å². The molecular weight excluding hydrogens is 411 g/mol. The van der Waals surface area contributed by atoms with Gasteiger partial charge in [0.25, 0.3) is 0 Å². The molecule has 5 saturated carbocycles. The Labute approximate surface area is 182 Å². The van der Waals surface area contributed by atoms with Crippen molar-refractivity contribution in [3.05, 3.63) is 0 Å². The minimum atomic E-state index is -1.07. The highest BCUT2D eigenvalue weighted by Gasteiger charge is 2.72. The second-order valence-electron chi connectivity index (χ2n) is 9.80. The molecule has 0 aromatic rings. The molecule has 0 aromatic carbocycles. The molecule has 5 fully saturated rings. The van der Waals surface area contributed by atoms with Crippen molar-refractivity contribution in [3.8, 4) is 0 Å². The largest absolute Gasteiger partial charge is 0.376 e. The number of alkyl halides is 2. The smallest absolute Gasteiger partial charge is 0.246 e. The number of hydrogen-bond acceptors (Lipinski definition) is 4. The average Bonchev–Trinajstić information content (AvgIpc) is 2.68. The lowest BCUT2D eigenvalue weighted by Gasteiger charge is -2.69. The molecule has 6 nitrogen and oxygen atoms in total. The van der Waals surface area contributed by atoms with Gasteiger partial charge in [-0.3, -0.25) is 9.59 Å². The predicted octanol–water partition coefficient (Wildman–Crippen LogP) is 3.01. The van der Waals surface area contributed by atoms with Crippen LogP contribution < -0.4 is 10.6 Å². The van der Waals surface area contributed by atoms with E-state index in [1.165, 1.54) is 19.3 Å². The third-order valence-electron chi connectivity index (χ3n) is 7.31. The molecule has 30 heavy (non-hydrogen) atoms. The Balaban J connectivity index is 1.08. The quantitative estimate of drug-likeness (QED) is 0.423. The fraction of sp³-hybridized carbons (Fsp3) is 0.909. The van der Waals surface area contributed by atoms with Crippen LogP contribution in [0.25, 0.3) is 0 Å². The Morgan fingerprint density at radius 3 is 2.43 bits per heavy atom. The van der Waals surface area contributed by atoms with Crippen LogP contribution in [-0.4, -0.2) is 60.9 Å². The first-order chi connectivity index (χ1) is 14.4. The summed E-state index contributed by atoms with van der Waals surface area (Å²) in [5.41, 5.74) is -0.577. The zero-order valence-corrected chi connectivity index (χ0v) is 18.4. The molecule has 170 valence electrons. The second-order valence-corrected chi connectivity index (χ2v) is 10.4. The molecule has 0 aromatic heterocycles. The van der Waals surface area contributed by atoms with E-state index in [1.807, 2.05) is 0 Å². The molecule has 2 amide bonds. The molecule has 0 spiro atoms. The van der Waals surface area contributed by atoms with Crippen molar-refractivity contribution < 1.29 is 23.5 Å². The summed E-state index contributed by atoms with van der Waals surface area (Å²) in [7, 11) is 0. The summed E-state index contributed by atoms with van der Waals surface area (Å²) in [5, 5.41) is 5.58. The number of amides is 2. The first-order valence-corrected chi connectivity index (χ1v) is 11.9. The van der Waals surface area contributed by atoms with Crippen molar-refractivity contribution in [1.29, 1.82) is 0 Å². The molecule has 5 aliphatic carbocycles. The standard InChI is InChI=1S/C22H34ClFN2O4/c23-17-7-6-16(10-18(17)24)30-11-19(27)26-22-12-21(13-22,14-22)20(28)25-8-9-29-15-4-2-1-3-5-15/h15-18H,1-14H2,(H,25,28)(H,26,27). The molecule has 3 atom stereocenters. The number of ether oxygens (including phenoxy) is 2. The molecule has 8 heteroatoms. The molecular formula is C22H34ClFN2O4. The van der Waals surface area contributed by atoms with E-state index in [0.717, 1.165) is 12.8 Å². The maximum absolute atomic E-state index is 13.7. The van der Waals surface area contributed by atoms with Crippen LogP contribution in [0.3, 0.4) is 0 Å². The van der Waals surface area contributed by atoms with Crippen molar-refractivity contribution in [2.45, 2.75) is 99.9 Å². The molecule has 0 saturated heterocycles. The molecule has 0 aliphatic heterocycles. The highest BCUT2D eigenvalue weighted by molar-refractivity contribution is 6.21. The Morgan fingerprint density at radius 1 is 1.00 bits per heavy atom. The lowest BCUT2D eigenvalue weighted by atomic mass is 9.39. The second kappa shape index (κ2) is 9.29. The van der Waals surface area contributed by atoms with Gasteiger partial charge >= 0.3 is 0 Å². The van der Waals surface area contributed by atoms with E-state index in [2.05, 4.69) is 10.6 Å². The average molecular weight is 445 g/mol. The minimum absolute atomic E-state index is 0.0657. The highest BCUT2D eigenvalue weighted by Crippen LogP contribution is 2.67. The Kier molecular flexibility index (Phi) is 6.90. The van der Waals surface area contributed by atoms with Crippen LogP contribution in [0.15, 0.2) is 0 Å². The van der Waals surface area contributed by atoms with Crippen molar-refractivity contribution in [2.75, 3.05) is 19.8 Å². The summed E-state index contributed by atoms with van der Waals surface area (Å²) in [6.45, 7) is 1.05. The van der Waals surface area contributed by atoms with Crippen LogP contribution in [-0.2, 0) is 19.1 Å². The van der Waals surface area contributed by atoms with Crippen LogP contribution in [0.5, 0.6) is 0 Å². The number of hydrogen-bond donors (Lipinski definition) is 2. The molecule has 2 bridgehead atoms. The van der Waals surface area contributed by atoms with Gasteiger partial charge in [-0.25, -0.2) is 4.39 Å². The first kappa shape index (κ1) is 22.3. The van der Waals surface area contributed by atoms with E-state index >= 15 is 0 Å². The fourth-order valence-electron chi connectivity index (χ4n) is 5.69. The van der Waals surface area contributed by atoms with Gasteiger partial charge in [0.1, 0.15) is 12.8 Å². The molecule has 5 rings (SSSR count). The van der Waals surface area contributed by atoms with Crippen molar-refractivity contribution in [1.82, 2.24) is 10.6 Å². The van der Waals surface area contributed by atoms with Crippen molar-refractivity contribution in [3.63, 3.8) is 0 Å². The van der Waals surface area contributed by atoms with Gasteiger partial charge in [0, 0.05) is 18.5 Å². The molecule has 0 radical (unpaired) electrons. The summed E-state index contributed by atoms with van der Waals surface area (Å²) in [6.07, 6.45) is 8.64. The van der Waals surface area contributed by atoms with Crippen LogP contribution >= 0.6 is 11.6 Å². The van der Waals surface area contributed by atoms with Crippen molar-refractivity contribution in [2.24, 2.45) is 5.41 Å². The maximum Gasteiger partial charge on any atom is 0.246 e. The van der Waals surface area contributed by atoms with Gasteiger partial charge in [0.2, 0.25) is 11.8 Å². The lowest BCUT2D eigenvalue weighted by Crippen LogP contribution is -2.78. The van der Waals surface area contributed by atoms with Crippen molar-refractivity contribution >= 4 is 23.4 Å². The number of carbonyl (C=O) groups is 2. The van der Waals surface area contributed by atoms with E-state index in [4.69, 9.17) is 21.1 Å². The first-order valence-electron chi connectivity index (χ1n) is 11.5. The van der Waals surface area contributed by atoms with E-state index in [0.29, 0.717) is 51.4 Å². The summed E-state index contributed by atoms with van der Waals surface area (Å²) in [5.74, 6) is -0.109. The Hall–Kier alpha value is -0.920. The Bertz CT molecular complexity index is 623. The molecule has 2 N–H and O–H groups in total. The van der Waals surface area contributed by atoms with E-state index in [9.17, 15) is 14.0 Å². The van der Waals surface area contributed by atoms with Gasteiger partial charge in [-0.05, 0) is 44.9 Å². The van der Waals surface area contributed by atoms with Gasteiger partial charge < -0.3 is 20.1 Å². The summed E-state index contributed by atoms with van der Waals surface area (Å²) < 4.78 is 25.1. The van der Waals surface area contributed by atoms with Crippen LogP contribution in [0.1, 0.15) is 70.6 Å². The maximum atomic E-state index is 13.7. The fourth-order valence-corrected chi connectivity index (χ4v) is 5.92. The molecule has 3 unspecified atom stereocenters. The van der Waals surface area contributed by atoms with E-state index in [1.54, 1.807) is 0 Å². The SMILES string of the molecule is O=C(COC1CCC(Cl)C(F)C1)NC12CC(C(=O)NCCOC3CCCCC3)(C1)C2. The number of carbonyl (C=O) groups excluding carboxylic acids is 2. The van der Waals surface area contributed by atoms with Crippen LogP contribution in [0.2, 0.25) is 0 Å². The van der Waals surface area contributed by atoms with Gasteiger partial charge in [-0.2, -0.15) is 0 Å². The topological polar surface area (TPSA) is 76.7 Å². The van der Waals surface area contributed by atoms with Gasteiger partial charge in [0.05, 0.1) is 29.6 Å². The zero-order chi connectivity index (χ0) is 21.2. The number of rotatable bonds is 9. The van der Waals surface area contributed by atoms with E-state index < -0.39 is 11.5 Å². The van der Waals surface area contributed by atoms with Crippen LogP contribution in [0, 0.1) is 5.41 Å². The summed E-state index contributed by atoms with van der Waals surface area (Å²) >= 11 is 5.88. The number of halogens is 2. The van der Waals surface area contributed by atoms with E-state index in [-0.39, 0.29) is 41.9 Å². The van der Waals surface area contributed by atoms with Gasteiger partial charge in [0.15, 0.2) is 0 Å². The van der Waals surface area contributed by atoms with Gasteiger partial charge in [-0.1, -0.05) is 19.3 Å². The molecule has 0 heterocycles. The Morgan fingerprint density at radius 2 is 1.73 bits per heavy atom. The lowest BCUT2D eigenvalue weighted by molar-refractivity contribution is -0.185. The summed E-state index contributed by atoms with van der Waals surface area (Å²) in [6, 6.07) is 0. The third kappa shape index (κ3) is 4.94. The zero-order valence-electron chi connectivity index (χ0n) is 17.6. The normalized spacial score (nSPS) is 38.3.